The Morgan fingerprint density at radius 1 is 0.857 bits per heavy atom. The average Bonchev–Trinajstić information content (AvgIpc) is 2.84. The van der Waals surface area contributed by atoms with Crippen LogP contribution in [0.5, 0.6) is 11.5 Å². The first-order valence-corrected chi connectivity index (χ1v) is 12.9. The molecule has 0 atom stereocenters. The molecule has 0 amide bonds. The molecule has 0 radical (unpaired) electrons. The number of rotatable bonds is 10. The molecule has 0 saturated heterocycles. The third-order valence-electron chi connectivity index (χ3n) is 4.85. The molecule has 0 saturated carbocycles. The number of hydrogen-bond donors (Lipinski definition) is 1. The van der Waals surface area contributed by atoms with Crippen molar-refractivity contribution in [1.82, 2.24) is 14.3 Å². The van der Waals surface area contributed by atoms with Gasteiger partial charge in [0.2, 0.25) is 10.0 Å². The molecule has 0 spiro atoms. The Morgan fingerprint density at radius 2 is 1.26 bits per heavy atom. The number of benzene rings is 2. The highest BCUT2D eigenvalue weighted by Crippen LogP contribution is 2.19. The molecule has 8 nitrogen and oxygen atoms in total. The topological polar surface area (TPSA) is 102 Å². The summed E-state index contributed by atoms with van der Waals surface area (Å²) in [6.45, 7) is 5.85. The van der Waals surface area contributed by atoms with E-state index >= 15 is 0 Å². The van der Waals surface area contributed by atoms with Gasteiger partial charge in [-0.15, -0.1) is 0 Å². The molecule has 0 bridgehead atoms. The summed E-state index contributed by atoms with van der Waals surface area (Å²) in [7, 11) is -0.368. The van der Waals surface area contributed by atoms with E-state index in [0.29, 0.717) is 5.82 Å². The Labute approximate surface area is 208 Å². The zero-order valence-corrected chi connectivity index (χ0v) is 21.8. The van der Waals surface area contributed by atoms with E-state index in [2.05, 4.69) is 9.97 Å². The Bertz CT molecular complexity index is 1060. The van der Waals surface area contributed by atoms with Gasteiger partial charge in [0.15, 0.2) is 0 Å². The lowest BCUT2D eigenvalue weighted by Gasteiger charge is -2.23. The van der Waals surface area contributed by atoms with Crippen LogP contribution < -0.4 is 9.47 Å². The lowest BCUT2D eigenvalue weighted by molar-refractivity contribution is 0.216. The van der Waals surface area contributed by atoms with Crippen LogP contribution in [0.4, 0.5) is 0 Å². The maximum absolute atomic E-state index is 13.2. The number of hydrogen-bond acceptors (Lipinski definition) is 7. The van der Waals surface area contributed by atoms with Gasteiger partial charge in [-0.05, 0) is 61.7 Å². The first-order valence-electron chi connectivity index (χ1n) is 11.3. The van der Waals surface area contributed by atoms with E-state index < -0.39 is 10.0 Å². The molecule has 1 N–H and O–H groups in total. The largest absolute Gasteiger partial charge is 0.497 e. The van der Waals surface area contributed by atoms with Gasteiger partial charge in [0.05, 0.1) is 20.0 Å². The zero-order chi connectivity index (χ0) is 25.8. The maximum atomic E-state index is 13.2. The Hall–Kier alpha value is -3.01. The second kappa shape index (κ2) is 13.8. The Morgan fingerprint density at radius 3 is 1.63 bits per heavy atom. The second-order valence-electron chi connectivity index (χ2n) is 8.30. The highest BCUT2D eigenvalue weighted by molar-refractivity contribution is 7.89. The van der Waals surface area contributed by atoms with Crippen molar-refractivity contribution in [3.63, 3.8) is 0 Å². The summed E-state index contributed by atoms with van der Waals surface area (Å²) in [6, 6.07) is 14.8. The van der Waals surface area contributed by atoms with Crippen LogP contribution in [-0.2, 0) is 29.5 Å². The molecule has 9 heteroatoms. The molecule has 1 aromatic heterocycles. The minimum absolute atomic E-state index is 0.0671. The van der Waals surface area contributed by atoms with E-state index in [0.717, 1.165) is 28.2 Å². The van der Waals surface area contributed by atoms with Gasteiger partial charge in [0.1, 0.15) is 17.3 Å². The van der Waals surface area contributed by atoms with Crippen LogP contribution in [0.25, 0.3) is 0 Å². The monoisotopic (exact) mass is 501 g/mol. The van der Waals surface area contributed by atoms with Gasteiger partial charge >= 0.3 is 0 Å². The Kier molecular flexibility index (Phi) is 11.1. The SMILES string of the molecule is CC(C)O.COc1ccc(CN(Cc2ccc(OC)cc2)S(=O)(=O)CCc2ncc(C)cn2)cc1. The normalized spacial score (nSPS) is 11.2. The second-order valence-corrected chi connectivity index (χ2v) is 10.4. The lowest BCUT2D eigenvalue weighted by Crippen LogP contribution is -2.33. The van der Waals surface area contributed by atoms with Crippen molar-refractivity contribution in [2.24, 2.45) is 0 Å². The van der Waals surface area contributed by atoms with Crippen LogP contribution in [0.15, 0.2) is 60.9 Å². The summed E-state index contributed by atoms with van der Waals surface area (Å²) < 4.78 is 38.4. The maximum Gasteiger partial charge on any atom is 0.215 e. The molecular weight excluding hydrogens is 466 g/mol. The molecule has 0 aliphatic carbocycles. The standard InChI is InChI=1S/C23H27N3O4S.C3H8O/c1-18-14-24-23(25-15-18)12-13-31(27,28)26(16-19-4-8-21(29-2)9-5-19)17-20-6-10-22(30-3)11-7-20;1-3(2)4/h4-11,14-15H,12-13,16-17H2,1-3H3;3-4H,1-2H3. The number of aromatic nitrogens is 2. The van der Waals surface area contributed by atoms with Crippen LogP contribution in [0.3, 0.4) is 0 Å². The van der Waals surface area contributed by atoms with Crippen LogP contribution in [0.2, 0.25) is 0 Å². The molecule has 0 fully saturated rings. The van der Waals surface area contributed by atoms with Crippen molar-refractivity contribution >= 4 is 10.0 Å². The fourth-order valence-electron chi connectivity index (χ4n) is 3.02. The lowest BCUT2D eigenvalue weighted by atomic mass is 10.2. The van der Waals surface area contributed by atoms with E-state index in [9.17, 15) is 8.42 Å². The van der Waals surface area contributed by atoms with Crippen molar-refractivity contribution in [3.8, 4) is 11.5 Å². The molecule has 190 valence electrons. The fraction of sp³-hybridized carbons (Fsp3) is 0.385. The third kappa shape index (κ3) is 10.0. The third-order valence-corrected chi connectivity index (χ3v) is 6.61. The number of nitrogens with zero attached hydrogens (tertiary/aromatic N) is 3. The van der Waals surface area contributed by atoms with Crippen molar-refractivity contribution in [2.75, 3.05) is 20.0 Å². The van der Waals surface area contributed by atoms with Crippen LogP contribution in [0, 0.1) is 6.92 Å². The number of aryl methyl sites for hydroxylation is 2. The fourth-order valence-corrected chi connectivity index (χ4v) is 4.41. The minimum atomic E-state index is -3.57. The van der Waals surface area contributed by atoms with Gasteiger partial charge in [0, 0.05) is 38.0 Å². The Balaban J connectivity index is 0.00000100. The molecule has 1 heterocycles. The number of sulfonamides is 1. The summed E-state index contributed by atoms with van der Waals surface area (Å²) in [5.41, 5.74) is 2.70. The summed E-state index contributed by atoms with van der Waals surface area (Å²) in [4.78, 5) is 8.45. The van der Waals surface area contributed by atoms with Gasteiger partial charge in [-0.2, -0.15) is 4.31 Å². The first-order chi connectivity index (χ1) is 16.6. The highest BCUT2D eigenvalue weighted by atomic mass is 32.2. The van der Waals surface area contributed by atoms with Gasteiger partial charge in [-0.25, -0.2) is 18.4 Å². The quantitative estimate of drug-likeness (QED) is 0.451. The van der Waals surface area contributed by atoms with E-state index in [-0.39, 0.29) is 31.4 Å². The van der Waals surface area contributed by atoms with Crippen LogP contribution in [0.1, 0.15) is 36.4 Å². The minimum Gasteiger partial charge on any atom is -0.497 e. The smallest absolute Gasteiger partial charge is 0.215 e. The summed E-state index contributed by atoms with van der Waals surface area (Å²) in [6.07, 6.45) is 3.48. The average molecular weight is 502 g/mol. The van der Waals surface area contributed by atoms with Crippen molar-refractivity contribution < 1.29 is 23.0 Å². The molecule has 3 rings (SSSR count). The molecule has 0 unspecified atom stereocenters. The number of ether oxygens (including phenoxy) is 2. The van der Waals surface area contributed by atoms with Crippen LogP contribution in [-0.4, -0.2) is 53.9 Å². The van der Waals surface area contributed by atoms with Crippen LogP contribution >= 0.6 is 0 Å². The molecular formula is C26H35N3O5S. The predicted octanol–water partition coefficient (Wildman–Crippen LogP) is 3.76. The van der Waals surface area contributed by atoms with Gasteiger partial charge in [0.25, 0.3) is 0 Å². The van der Waals surface area contributed by atoms with E-state index in [4.69, 9.17) is 14.6 Å². The predicted molar refractivity (Wildman–Crippen MR) is 137 cm³/mol. The molecule has 2 aromatic carbocycles. The van der Waals surface area contributed by atoms with E-state index in [1.54, 1.807) is 40.5 Å². The highest BCUT2D eigenvalue weighted by Gasteiger charge is 2.23. The van der Waals surface area contributed by atoms with Gasteiger partial charge in [-0.1, -0.05) is 24.3 Å². The molecule has 0 aliphatic heterocycles. The van der Waals surface area contributed by atoms with E-state index in [1.165, 1.54) is 4.31 Å². The molecule has 3 aromatic rings. The van der Waals surface area contributed by atoms with Crippen molar-refractivity contribution in [3.05, 3.63) is 83.4 Å². The van der Waals surface area contributed by atoms with Crippen molar-refractivity contribution in [2.45, 2.75) is 46.4 Å². The number of aliphatic hydroxyl groups excluding tert-OH is 1. The first kappa shape index (κ1) is 28.2. The molecule has 0 aliphatic rings. The van der Waals surface area contributed by atoms with Crippen molar-refractivity contribution in [1.29, 1.82) is 0 Å². The number of methoxy groups -OCH3 is 2. The van der Waals surface area contributed by atoms with Gasteiger partial charge < -0.3 is 14.6 Å². The summed E-state index contributed by atoms with van der Waals surface area (Å²) >= 11 is 0. The summed E-state index contributed by atoms with van der Waals surface area (Å²) in [5, 5.41) is 8.06. The zero-order valence-electron chi connectivity index (χ0n) is 21.0. The van der Waals surface area contributed by atoms with E-state index in [1.807, 2.05) is 55.5 Å². The van der Waals surface area contributed by atoms with Gasteiger partial charge in [-0.3, -0.25) is 0 Å². The molecule has 35 heavy (non-hydrogen) atoms. The summed E-state index contributed by atoms with van der Waals surface area (Å²) in [5.74, 6) is 1.90. The number of aliphatic hydroxyl groups is 1.